The van der Waals surface area contributed by atoms with Crippen molar-refractivity contribution in [1.29, 1.82) is 0 Å². The quantitative estimate of drug-likeness (QED) is 0.159. The fourth-order valence-corrected chi connectivity index (χ4v) is 6.77. The largest absolute Gasteiger partial charge is 0.459 e. The lowest BCUT2D eigenvalue weighted by molar-refractivity contribution is -0.138. The second-order valence-electron chi connectivity index (χ2n) is 11.7. The Balaban J connectivity index is 1.37. The molecule has 1 saturated heterocycles. The van der Waals surface area contributed by atoms with E-state index in [2.05, 4.69) is 20.0 Å². The number of nitrogens with two attached hydrogens (primary N) is 1. The summed E-state index contributed by atoms with van der Waals surface area (Å²) in [5, 5.41) is 24.1. The van der Waals surface area contributed by atoms with Crippen LogP contribution in [0.15, 0.2) is 36.7 Å². The SMILES string of the molecule is CC(C)OC(O)[C@H](C)NP(=O)(OC[C@H]1O[C@@H](n2cnc3c(N(C)C4CCC4)nc(N)nc32)[C@](C)(F)[C@@H]1O)Oc1ccccc1. The number of nitrogens with zero attached hydrogens (tertiary/aromatic N) is 5. The number of hydrogen-bond acceptors (Lipinski definition) is 12. The third kappa shape index (κ3) is 6.69. The maximum absolute atomic E-state index is 16.2. The highest BCUT2D eigenvalue weighted by atomic mass is 31.2. The average Bonchev–Trinajstić information content (AvgIpc) is 3.43. The predicted octanol–water partition coefficient (Wildman–Crippen LogP) is 3.31. The highest BCUT2D eigenvalue weighted by Crippen LogP contribution is 2.48. The summed E-state index contributed by atoms with van der Waals surface area (Å²) in [6, 6.07) is 7.68. The molecule has 3 aromatic rings. The molecule has 0 bridgehead atoms. The van der Waals surface area contributed by atoms with E-state index < -0.39 is 50.8 Å². The van der Waals surface area contributed by atoms with Gasteiger partial charge in [0.25, 0.3) is 0 Å². The van der Waals surface area contributed by atoms with E-state index >= 15 is 4.39 Å². The Morgan fingerprint density at radius 2 is 1.98 bits per heavy atom. The van der Waals surface area contributed by atoms with Gasteiger partial charge in [0.15, 0.2) is 35.2 Å². The number of nitrogen functional groups attached to an aromatic ring is 1. The highest BCUT2D eigenvalue weighted by Gasteiger charge is 2.56. The lowest BCUT2D eigenvalue weighted by atomic mass is 9.92. The Hall–Kier alpha value is -2.91. The van der Waals surface area contributed by atoms with E-state index in [0.29, 0.717) is 17.4 Å². The van der Waals surface area contributed by atoms with Crippen molar-refractivity contribution < 1.29 is 37.7 Å². The van der Waals surface area contributed by atoms with Gasteiger partial charge in [0.2, 0.25) is 5.95 Å². The Labute approximate surface area is 255 Å². The van der Waals surface area contributed by atoms with Gasteiger partial charge in [-0.3, -0.25) is 9.09 Å². The maximum Gasteiger partial charge on any atom is 0.459 e. The molecule has 242 valence electrons. The number of ether oxygens (including phenoxy) is 2. The number of benzene rings is 1. The molecule has 0 amide bonds. The van der Waals surface area contributed by atoms with Crippen LogP contribution in [0.1, 0.15) is 53.2 Å². The molecular formula is C28H41FN7O7P. The molecule has 3 heterocycles. The van der Waals surface area contributed by atoms with Gasteiger partial charge in [0.1, 0.15) is 18.0 Å². The van der Waals surface area contributed by atoms with Gasteiger partial charge >= 0.3 is 7.75 Å². The summed E-state index contributed by atoms with van der Waals surface area (Å²) in [6.45, 7) is 5.70. The van der Waals surface area contributed by atoms with Crippen LogP contribution in [0.3, 0.4) is 0 Å². The van der Waals surface area contributed by atoms with Gasteiger partial charge in [-0.05, 0) is 59.1 Å². The van der Waals surface area contributed by atoms with E-state index in [4.69, 9.17) is 24.3 Å². The van der Waals surface area contributed by atoms with Crippen molar-refractivity contribution in [1.82, 2.24) is 24.6 Å². The Bertz CT molecular complexity index is 1480. The smallest absolute Gasteiger partial charge is 0.413 e. The minimum Gasteiger partial charge on any atom is -0.413 e. The third-order valence-electron chi connectivity index (χ3n) is 7.93. The first-order chi connectivity index (χ1) is 20.8. The van der Waals surface area contributed by atoms with Crippen LogP contribution >= 0.6 is 7.75 Å². The first-order valence-electron chi connectivity index (χ1n) is 14.6. The molecule has 1 aliphatic carbocycles. The number of hydrogen-bond donors (Lipinski definition) is 4. The number of nitrogens with one attached hydrogen (secondary N) is 1. The van der Waals surface area contributed by atoms with Crippen LogP contribution in [0.4, 0.5) is 16.2 Å². The number of imidazole rings is 1. The Morgan fingerprint density at radius 3 is 2.61 bits per heavy atom. The van der Waals surface area contributed by atoms with Gasteiger partial charge in [0.05, 0.1) is 25.1 Å². The molecule has 14 nitrogen and oxygen atoms in total. The molecule has 0 radical (unpaired) electrons. The number of anilines is 2. The molecule has 5 rings (SSSR count). The van der Waals surface area contributed by atoms with Gasteiger partial charge in [-0.2, -0.15) is 9.97 Å². The number of alkyl halides is 1. The predicted molar refractivity (Wildman–Crippen MR) is 161 cm³/mol. The van der Waals surface area contributed by atoms with Crippen molar-refractivity contribution in [3.8, 4) is 5.75 Å². The van der Waals surface area contributed by atoms with Crippen LogP contribution in [0.25, 0.3) is 11.2 Å². The van der Waals surface area contributed by atoms with Gasteiger partial charge in [0, 0.05) is 13.1 Å². The first-order valence-corrected chi connectivity index (χ1v) is 16.2. The molecule has 2 aromatic heterocycles. The van der Waals surface area contributed by atoms with Crippen LogP contribution in [0.2, 0.25) is 0 Å². The molecule has 0 spiro atoms. The highest BCUT2D eigenvalue weighted by molar-refractivity contribution is 7.52. The Kier molecular flexibility index (Phi) is 9.47. The second kappa shape index (κ2) is 12.8. The standard InChI is InChI=1S/C28H41FN7O7P/c1-16(2)41-25(38)17(3)34-44(39,43-19-12-7-6-8-13-19)40-14-20-22(37)28(4,29)26(42-20)36-15-31-21-23(32-27(30)33-24(21)36)35(5)18-10-9-11-18/h6-8,12-13,15-18,20,22,25-26,37-38H,9-11,14H2,1-5H3,(H,34,39)(H2,30,32,33)/t17-,20+,22+,25?,26+,28+,44?/m0/s1. The zero-order valence-electron chi connectivity index (χ0n) is 25.4. The fraction of sp³-hybridized carbons (Fsp3) is 0.607. The van der Waals surface area contributed by atoms with Crippen LogP contribution in [-0.4, -0.2) is 85.7 Å². The molecule has 5 N–H and O–H groups in total. The van der Waals surface area contributed by atoms with Crippen molar-refractivity contribution in [2.24, 2.45) is 0 Å². The molecular weight excluding hydrogens is 596 g/mol. The number of fused-ring (bicyclic) bond motifs is 1. The number of aromatic nitrogens is 4. The summed E-state index contributed by atoms with van der Waals surface area (Å²) in [7, 11) is -2.32. The van der Waals surface area contributed by atoms with Gasteiger partial charge in [-0.1, -0.05) is 18.2 Å². The Morgan fingerprint density at radius 1 is 1.27 bits per heavy atom. The summed E-state index contributed by atoms with van der Waals surface area (Å²) in [4.78, 5) is 15.2. The summed E-state index contributed by atoms with van der Waals surface area (Å²) in [5.41, 5.74) is 4.37. The van der Waals surface area contributed by atoms with Crippen LogP contribution in [0.5, 0.6) is 5.75 Å². The molecule has 2 fully saturated rings. The summed E-state index contributed by atoms with van der Waals surface area (Å²) in [5.74, 6) is 0.737. The minimum atomic E-state index is -4.23. The molecule has 2 aliphatic rings. The lowest BCUT2D eigenvalue weighted by Crippen LogP contribution is -2.42. The van der Waals surface area contributed by atoms with Gasteiger partial charge in [-0.25, -0.2) is 19.0 Å². The fourth-order valence-electron chi connectivity index (χ4n) is 5.22. The summed E-state index contributed by atoms with van der Waals surface area (Å²) >= 11 is 0. The van der Waals surface area contributed by atoms with Crippen molar-refractivity contribution >= 4 is 30.7 Å². The van der Waals surface area contributed by atoms with Crippen LogP contribution in [-0.2, 0) is 18.6 Å². The van der Waals surface area contributed by atoms with Crippen molar-refractivity contribution in [3.63, 3.8) is 0 Å². The monoisotopic (exact) mass is 637 g/mol. The second-order valence-corrected chi connectivity index (χ2v) is 13.4. The molecule has 1 aromatic carbocycles. The van der Waals surface area contributed by atoms with Crippen molar-refractivity contribution in [2.45, 2.75) is 95.5 Å². The molecule has 16 heteroatoms. The van der Waals surface area contributed by atoms with Crippen LogP contribution in [0, 0.1) is 0 Å². The molecule has 7 atom stereocenters. The number of rotatable bonds is 13. The third-order valence-corrected chi connectivity index (χ3v) is 9.59. The average molecular weight is 638 g/mol. The first kappa shape index (κ1) is 32.5. The van der Waals surface area contributed by atoms with E-state index in [1.165, 1.54) is 17.8 Å². The van der Waals surface area contributed by atoms with Crippen LogP contribution < -0.4 is 20.2 Å². The van der Waals surface area contributed by atoms with Gasteiger partial charge in [-0.15, -0.1) is 0 Å². The van der Waals surface area contributed by atoms with E-state index in [1.807, 2.05) is 11.9 Å². The lowest BCUT2D eigenvalue weighted by Gasteiger charge is -2.35. The molecule has 1 saturated carbocycles. The normalized spacial score (nSPS) is 26.8. The topological polar surface area (TPSA) is 179 Å². The maximum atomic E-state index is 16.2. The number of halogens is 1. The zero-order chi connectivity index (χ0) is 31.8. The van der Waals surface area contributed by atoms with E-state index in [9.17, 15) is 14.8 Å². The minimum absolute atomic E-state index is 0.0118. The zero-order valence-corrected chi connectivity index (χ0v) is 26.3. The van der Waals surface area contributed by atoms with Gasteiger partial charge < -0.3 is 34.8 Å². The van der Waals surface area contributed by atoms with E-state index in [0.717, 1.165) is 19.3 Å². The summed E-state index contributed by atoms with van der Waals surface area (Å²) < 4.78 is 54.3. The van der Waals surface area contributed by atoms with E-state index in [1.54, 1.807) is 51.1 Å². The molecule has 44 heavy (non-hydrogen) atoms. The number of aliphatic hydroxyl groups excluding tert-OH is 2. The number of para-hydroxylation sites is 1. The molecule has 1 aliphatic heterocycles. The summed E-state index contributed by atoms with van der Waals surface area (Å²) in [6.07, 6.45) is -1.47. The van der Waals surface area contributed by atoms with Crippen molar-refractivity contribution in [3.05, 3.63) is 36.7 Å². The molecule has 2 unspecified atom stereocenters. The van der Waals surface area contributed by atoms with E-state index in [-0.39, 0.29) is 23.4 Å². The van der Waals surface area contributed by atoms with Crippen molar-refractivity contribution in [2.75, 3.05) is 24.3 Å². The number of aliphatic hydroxyl groups is 2.